The Morgan fingerprint density at radius 1 is 1.37 bits per heavy atom. The molecule has 1 heterocycles. The van der Waals surface area contributed by atoms with Crippen LogP contribution in [0.3, 0.4) is 0 Å². The van der Waals surface area contributed by atoms with E-state index >= 15 is 0 Å². The van der Waals surface area contributed by atoms with Gasteiger partial charge >= 0.3 is 0 Å². The Labute approximate surface area is 158 Å². The monoisotopic (exact) mass is 366 g/mol. The number of nitrogens with zero attached hydrogens (tertiary/aromatic N) is 2. The molecule has 0 aliphatic rings. The zero-order valence-corrected chi connectivity index (χ0v) is 15.7. The molecule has 1 N–H and O–H groups in total. The van der Waals surface area contributed by atoms with Crippen LogP contribution >= 0.6 is 0 Å². The van der Waals surface area contributed by atoms with Crippen molar-refractivity contribution in [2.24, 2.45) is 5.92 Å². The lowest BCUT2D eigenvalue weighted by Gasteiger charge is -2.14. The van der Waals surface area contributed by atoms with Crippen molar-refractivity contribution >= 4 is 5.78 Å². The van der Waals surface area contributed by atoms with Crippen LogP contribution in [0.1, 0.15) is 40.9 Å². The minimum absolute atomic E-state index is 0.0120. The highest BCUT2D eigenvalue weighted by Crippen LogP contribution is 2.25. The fourth-order valence-corrected chi connectivity index (χ4v) is 2.63. The number of aromatic hydroxyl groups is 1. The fourth-order valence-electron chi connectivity index (χ4n) is 2.63. The maximum Gasteiger partial charge on any atom is 0.271 e. The van der Waals surface area contributed by atoms with E-state index < -0.39 is 17.2 Å². The molecule has 2 rings (SSSR count). The molecule has 1 aromatic heterocycles. The van der Waals surface area contributed by atoms with Crippen LogP contribution in [-0.2, 0) is 6.54 Å². The number of ether oxygens (including phenoxy) is 1. The molecule has 0 amide bonds. The van der Waals surface area contributed by atoms with Gasteiger partial charge in [0.15, 0.2) is 5.78 Å². The number of nitriles is 1. The molecule has 0 radical (unpaired) electrons. The number of hydrogen-bond donors (Lipinski definition) is 1. The van der Waals surface area contributed by atoms with Gasteiger partial charge in [0.05, 0.1) is 12.2 Å². The highest BCUT2D eigenvalue weighted by Gasteiger charge is 2.24. The van der Waals surface area contributed by atoms with Crippen LogP contribution < -0.4 is 10.3 Å². The quantitative estimate of drug-likeness (QED) is 0.600. The number of carbonyl (C=O) groups excluding carboxylic acids is 1. The Balaban J connectivity index is 2.50. The first-order chi connectivity index (χ1) is 12.8. The molecule has 0 bridgehead atoms. The van der Waals surface area contributed by atoms with Crippen molar-refractivity contribution in [3.05, 3.63) is 69.5 Å². The van der Waals surface area contributed by atoms with Gasteiger partial charge in [0.25, 0.3) is 5.56 Å². The summed E-state index contributed by atoms with van der Waals surface area (Å²) < 4.78 is 6.56. The van der Waals surface area contributed by atoms with E-state index in [0.29, 0.717) is 23.8 Å². The Bertz CT molecular complexity index is 964. The lowest BCUT2D eigenvalue weighted by molar-refractivity contribution is 0.103. The van der Waals surface area contributed by atoms with Crippen molar-refractivity contribution in [2.45, 2.75) is 27.3 Å². The van der Waals surface area contributed by atoms with E-state index in [1.54, 1.807) is 24.3 Å². The minimum Gasteiger partial charge on any atom is -0.494 e. The fraction of sp³-hybridized carbons (Fsp3) is 0.286. The van der Waals surface area contributed by atoms with Gasteiger partial charge in [0.1, 0.15) is 17.4 Å². The van der Waals surface area contributed by atoms with Crippen molar-refractivity contribution in [3.8, 4) is 17.7 Å². The predicted octanol–water partition coefficient (Wildman–Crippen LogP) is 3.19. The second kappa shape index (κ2) is 8.37. The van der Waals surface area contributed by atoms with Crippen LogP contribution in [0.4, 0.5) is 0 Å². The standard InChI is InChI=1S/C21H22N2O4/c1-5-10-23-20(25)17(11-22)14(4)18(21(23)26)19(24)15-6-8-16(9-7-15)27-12-13(2)3/h5-9,13,26H,1,10,12H2,2-4H3. The summed E-state index contributed by atoms with van der Waals surface area (Å²) in [4.78, 5) is 25.3. The third-order valence-corrected chi connectivity index (χ3v) is 4.04. The lowest BCUT2D eigenvalue weighted by Crippen LogP contribution is -2.26. The number of benzene rings is 1. The van der Waals surface area contributed by atoms with Gasteiger partial charge in [-0.2, -0.15) is 5.26 Å². The molecule has 2 aromatic rings. The van der Waals surface area contributed by atoms with E-state index in [4.69, 9.17) is 4.74 Å². The number of rotatable bonds is 7. The van der Waals surface area contributed by atoms with E-state index in [2.05, 4.69) is 6.58 Å². The average Bonchev–Trinajstić information content (AvgIpc) is 2.64. The SMILES string of the molecule is C=CCn1c(O)c(C(=O)c2ccc(OCC(C)C)cc2)c(C)c(C#N)c1=O. The number of ketones is 1. The zero-order valence-electron chi connectivity index (χ0n) is 15.7. The van der Waals surface area contributed by atoms with Gasteiger partial charge in [0.2, 0.25) is 5.88 Å². The molecule has 0 unspecified atom stereocenters. The molecule has 0 fully saturated rings. The normalized spacial score (nSPS) is 10.5. The molecular weight excluding hydrogens is 344 g/mol. The van der Waals surface area contributed by atoms with E-state index in [9.17, 15) is 20.0 Å². The maximum atomic E-state index is 12.9. The smallest absolute Gasteiger partial charge is 0.271 e. The number of carbonyl (C=O) groups is 1. The number of pyridine rings is 1. The molecule has 140 valence electrons. The second-order valence-corrected chi connectivity index (χ2v) is 6.57. The summed E-state index contributed by atoms with van der Waals surface area (Å²) >= 11 is 0. The van der Waals surface area contributed by atoms with Crippen LogP contribution in [-0.4, -0.2) is 22.1 Å². The van der Waals surface area contributed by atoms with Gasteiger partial charge in [-0.1, -0.05) is 19.9 Å². The largest absolute Gasteiger partial charge is 0.494 e. The van der Waals surface area contributed by atoms with Crippen molar-refractivity contribution in [3.63, 3.8) is 0 Å². The highest BCUT2D eigenvalue weighted by atomic mass is 16.5. The summed E-state index contributed by atoms with van der Waals surface area (Å²) in [6, 6.07) is 8.35. The molecule has 1 aromatic carbocycles. The predicted molar refractivity (Wildman–Crippen MR) is 102 cm³/mol. The van der Waals surface area contributed by atoms with Gasteiger partial charge in [-0.15, -0.1) is 6.58 Å². The van der Waals surface area contributed by atoms with Gasteiger partial charge < -0.3 is 9.84 Å². The van der Waals surface area contributed by atoms with Crippen molar-refractivity contribution in [1.29, 1.82) is 5.26 Å². The van der Waals surface area contributed by atoms with Gasteiger partial charge in [0, 0.05) is 12.1 Å². The van der Waals surface area contributed by atoms with Gasteiger partial charge in [-0.05, 0) is 42.7 Å². The summed E-state index contributed by atoms with van der Waals surface area (Å²) in [6.07, 6.45) is 1.41. The summed E-state index contributed by atoms with van der Waals surface area (Å²) in [6.45, 7) is 9.63. The van der Waals surface area contributed by atoms with E-state index in [1.807, 2.05) is 19.9 Å². The first-order valence-electron chi connectivity index (χ1n) is 8.56. The first kappa shape index (κ1) is 20.0. The minimum atomic E-state index is -0.651. The van der Waals surface area contributed by atoms with Crippen LogP contribution in [0.2, 0.25) is 0 Å². The van der Waals surface area contributed by atoms with Crippen molar-refractivity contribution in [2.75, 3.05) is 6.61 Å². The van der Waals surface area contributed by atoms with Gasteiger partial charge in [-0.3, -0.25) is 14.2 Å². The first-order valence-corrected chi connectivity index (χ1v) is 8.56. The molecule has 6 nitrogen and oxygen atoms in total. The summed E-state index contributed by atoms with van der Waals surface area (Å²) in [5, 5.41) is 19.8. The van der Waals surface area contributed by atoms with Crippen LogP contribution in [0.5, 0.6) is 11.6 Å². The molecule has 0 saturated carbocycles. The summed E-state index contributed by atoms with van der Waals surface area (Å²) in [5.74, 6) is 0.0630. The van der Waals surface area contributed by atoms with Gasteiger partial charge in [-0.25, -0.2) is 0 Å². The second-order valence-electron chi connectivity index (χ2n) is 6.57. The molecule has 0 saturated heterocycles. The van der Waals surface area contributed by atoms with E-state index in [0.717, 1.165) is 4.57 Å². The van der Waals surface area contributed by atoms with Crippen molar-refractivity contribution in [1.82, 2.24) is 4.57 Å². The average molecular weight is 366 g/mol. The summed E-state index contributed by atoms with van der Waals surface area (Å²) in [5.41, 5.74) is -0.413. The zero-order chi connectivity index (χ0) is 20.1. The third kappa shape index (κ3) is 4.09. The Hall–Kier alpha value is -3.33. The third-order valence-electron chi connectivity index (χ3n) is 4.04. The molecule has 0 spiro atoms. The molecule has 0 atom stereocenters. The van der Waals surface area contributed by atoms with Crippen LogP contribution in [0, 0.1) is 24.2 Å². The number of allylic oxidation sites excluding steroid dienone is 1. The number of aromatic nitrogens is 1. The Morgan fingerprint density at radius 2 is 2.00 bits per heavy atom. The maximum absolute atomic E-state index is 12.9. The Kier molecular flexibility index (Phi) is 6.19. The Morgan fingerprint density at radius 3 is 2.52 bits per heavy atom. The molecule has 6 heteroatoms. The topological polar surface area (TPSA) is 92.3 Å². The van der Waals surface area contributed by atoms with E-state index in [-0.39, 0.29) is 23.2 Å². The van der Waals surface area contributed by atoms with Crippen LogP contribution in [0.15, 0.2) is 41.7 Å². The number of hydrogen-bond acceptors (Lipinski definition) is 5. The van der Waals surface area contributed by atoms with Crippen molar-refractivity contribution < 1.29 is 14.6 Å². The lowest BCUT2D eigenvalue weighted by atomic mass is 9.97. The van der Waals surface area contributed by atoms with Crippen LogP contribution in [0.25, 0.3) is 0 Å². The summed E-state index contributed by atoms with van der Waals surface area (Å²) in [7, 11) is 0. The molecule has 0 aliphatic carbocycles. The highest BCUT2D eigenvalue weighted by molar-refractivity contribution is 6.11. The molecular formula is C21H22N2O4. The molecule has 0 aliphatic heterocycles. The van der Waals surface area contributed by atoms with E-state index in [1.165, 1.54) is 13.0 Å². The molecule has 27 heavy (non-hydrogen) atoms.